The molecule has 2 aromatic heterocycles. The number of anilines is 2. The first-order chi connectivity index (χ1) is 16.8. The van der Waals surface area contributed by atoms with E-state index < -0.39 is 17.5 Å². The van der Waals surface area contributed by atoms with Crippen molar-refractivity contribution in [2.75, 3.05) is 18.2 Å². The number of nitrogens with two attached hydrogens (primary N) is 2. The van der Waals surface area contributed by atoms with E-state index >= 15 is 0 Å². The second kappa shape index (κ2) is 10.4. The number of ether oxygens (including phenoxy) is 1. The predicted octanol–water partition coefficient (Wildman–Crippen LogP) is 4.89. The number of nitrogens with zero attached hydrogens (tertiary/aromatic N) is 2. The van der Waals surface area contributed by atoms with Crippen LogP contribution in [0.4, 0.5) is 20.2 Å². The second-order valence-electron chi connectivity index (χ2n) is 8.93. The number of rotatable bonds is 6. The minimum Gasteiger partial charge on any atom is -0.496 e. The Morgan fingerprint density at radius 2 is 2.00 bits per heavy atom. The Hall–Kier alpha value is -3.59. The number of pyridine rings is 2. The van der Waals surface area contributed by atoms with Gasteiger partial charge < -0.3 is 21.5 Å². The van der Waals surface area contributed by atoms with Crippen LogP contribution >= 0.6 is 0 Å². The van der Waals surface area contributed by atoms with Crippen molar-refractivity contribution in [1.29, 1.82) is 0 Å². The Morgan fingerprint density at radius 1 is 1.20 bits per heavy atom. The van der Waals surface area contributed by atoms with Crippen LogP contribution in [0.3, 0.4) is 0 Å². The Labute approximate surface area is 202 Å². The van der Waals surface area contributed by atoms with Crippen LogP contribution in [-0.2, 0) is 0 Å². The minimum atomic E-state index is -0.869. The minimum absolute atomic E-state index is 0.0844. The Balaban J connectivity index is 1.68. The third-order valence-electron chi connectivity index (χ3n) is 6.61. The fraction of sp³-hybridized carbons (Fsp3) is 0.346. The molecule has 0 spiro atoms. The SMILES string of the molecule is CC[C@@H]1C[C@H](N)C[C@H](c2ccncc2NC(=O)c2nc(-c3c(F)cccc3OC)c(F)cc2N)C1. The average Bonchev–Trinajstić information content (AvgIpc) is 2.84. The standard InChI is InChI=1S/C26H29F2N5O2/c1-3-14-9-15(11-16(29)10-14)17-7-8-31-13-21(17)32-26(34)25-20(30)12-19(28)24(33-25)23-18(27)5-4-6-22(23)35-2/h4-8,12-16H,3,9-11,29-30H2,1-2H3,(H,32,34)/t14-,15+,16-/m0/s1. The molecule has 0 saturated heterocycles. The van der Waals surface area contributed by atoms with E-state index in [0.717, 1.165) is 43.4 Å². The van der Waals surface area contributed by atoms with Gasteiger partial charge in [0.2, 0.25) is 0 Å². The molecule has 1 aliphatic rings. The maximum atomic E-state index is 14.8. The smallest absolute Gasteiger partial charge is 0.276 e. The maximum absolute atomic E-state index is 14.8. The molecule has 1 amide bonds. The lowest BCUT2D eigenvalue weighted by molar-refractivity contribution is 0.102. The summed E-state index contributed by atoms with van der Waals surface area (Å²) in [5.41, 5.74) is 12.7. The van der Waals surface area contributed by atoms with Crippen molar-refractivity contribution in [2.45, 2.75) is 44.6 Å². The molecular weight excluding hydrogens is 452 g/mol. The maximum Gasteiger partial charge on any atom is 0.276 e. The molecule has 3 atom stereocenters. The predicted molar refractivity (Wildman–Crippen MR) is 131 cm³/mol. The summed E-state index contributed by atoms with van der Waals surface area (Å²) < 4.78 is 34.6. The van der Waals surface area contributed by atoms with E-state index in [0.29, 0.717) is 11.6 Å². The quantitative estimate of drug-likeness (QED) is 0.462. The van der Waals surface area contributed by atoms with E-state index in [9.17, 15) is 13.6 Å². The van der Waals surface area contributed by atoms with Crippen molar-refractivity contribution in [3.05, 3.63) is 65.6 Å². The molecule has 0 radical (unpaired) electrons. The average molecular weight is 482 g/mol. The number of nitrogen functional groups attached to an aromatic ring is 1. The molecule has 9 heteroatoms. The van der Waals surface area contributed by atoms with E-state index in [1.807, 2.05) is 6.07 Å². The topological polar surface area (TPSA) is 116 Å². The van der Waals surface area contributed by atoms with Crippen LogP contribution in [-0.4, -0.2) is 29.0 Å². The highest BCUT2D eigenvalue weighted by Crippen LogP contribution is 2.40. The Morgan fingerprint density at radius 3 is 2.74 bits per heavy atom. The summed E-state index contributed by atoms with van der Waals surface area (Å²) >= 11 is 0. The molecular formula is C26H29F2N5O2. The van der Waals surface area contributed by atoms with E-state index in [4.69, 9.17) is 16.2 Å². The Kier molecular flexibility index (Phi) is 7.25. The summed E-state index contributed by atoms with van der Waals surface area (Å²) in [6, 6.07) is 7.00. The largest absolute Gasteiger partial charge is 0.496 e. The highest BCUT2D eigenvalue weighted by Gasteiger charge is 2.29. The van der Waals surface area contributed by atoms with Crippen LogP contribution < -0.4 is 21.5 Å². The Bertz CT molecular complexity index is 1240. The zero-order valence-corrected chi connectivity index (χ0v) is 19.7. The number of methoxy groups -OCH3 is 1. The van der Waals surface area contributed by atoms with Crippen molar-refractivity contribution in [3.8, 4) is 17.0 Å². The van der Waals surface area contributed by atoms with Crippen molar-refractivity contribution in [2.24, 2.45) is 11.7 Å². The normalized spacial score (nSPS) is 19.9. The molecule has 3 aromatic rings. The molecule has 0 bridgehead atoms. The van der Waals surface area contributed by atoms with Gasteiger partial charge in [0.1, 0.15) is 17.3 Å². The van der Waals surface area contributed by atoms with Gasteiger partial charge in [-0.25, -0.2) is 13.8 Å². The van der Waals surface area contributed by atoms with E-state index in [1.54, 1.807) is 12.4 Å². The lowest BCUT2D eigenvalue weighted by Gasteiger charge is -2.33. The van der Waals surface area contributed by atoms with Gasteiger partial charge in [-0.05, 0) is 54.9 Å². The van der Waals surface area contributed by atoms with Gasteiger partial charge in [-0.1, -0.05) is 19.4 Å². The summed E-state index contributed by atoms with van der Waals surface area (Å²) in [7, 11) is 1.34. The number of carbonyl (C=O) groups is 1. The molecule has 7 nitrogen and oxygen atoms in total. The highest BCUT2D eigenvalue weighted by atomic mass is 19.1. The molecule has 1 fully saturated rings. The van der Waals surface area contributed by atoms with Crippen LogP contribution in [0, 0.1) is 17.6 Å². The van der Waals surface area contributed by atoms with Gasteiger partial charge >= 0.3 is 0 Å². The third-order valence-corrected chi connectivity index (χ3v) is 6.61. The summed E-state index contributed by atoms with van der Waals surface area (Å²) in [5.74, 6) is -1.50. The zero-order chi connectivity index (χ0) is 25.1. The molecule has 184 valence electrons. The van der Waals surface area contributed by atoms with Crippen molar-refractivity contribution >= 4 is 17.3 Å². The van der Waals surface area contributed by atoms with Gasteiger partial charge in [-0.2, -0.15) is 0 Å². The van der Waals surface area contributed by atoms with E-state index in [2.05, 4.69) is 22.2 Å². The number of nitrogens with one attached hydrogen (secondary N) is 1. The number of hydrogen-bond donors (Lipinski definition) is 3. The van der Waals surface area contributed by atoms with Crippen LogP contribution in [0.25, 0.3) is 11.3 Å². The van der Waals surface area contributed by atoms with E-state index in [-0.39, 0.29) is 40.3 Å². The molecule has 35 heavy (non-hydrogen) atoms. The van der Waals surface area contributed by atoms with Gasteiger partial charge in [-0.3, -0.25) is 9.78 Å². The number of halogens is 2. The first-order valence-electron chi connectivity index (χ1n) is 11.6. The molecule has 0 aliphatic heterocycles. The van der Waals surface area contributed by atoms with Crippen molar-refractivity contribution < 1.29 is 18.3 Å². The van der Waals surface area contributed by atoms with Crippen LogP contribution in [0.1, 0.15) is 54.6 Å². The molecule has 1 saturated carbocycles. The van der Waals surface area contributed by atoms with Gasteiger partial charge in [0, 0.05) is 18.3 Å². The fourth-order valence-electron chi connectivity index (χ4n) is 4.88. The highest BCUT2D eigenvalue weighted by molar-refractivity contribution is 6.07. The number of benzene rings is 1. The molecule has 1 aromatic carbocycles. The number of aromatic nitrogens is 2. The van der Waals surface area contributed by atoms with Crippen molar-refractivity contribution in [1.82, 2.24) is 9.97 Å². The first-order valence-corrected chi connectivity index (χ1v) is 11.6. The molecule has 2 heterocycles. The fourth-order valence-corrected chi connectivity index (χ4v) is 4.88. The van der Waals surface area contributed by atoms with Gasteiger partial charge in [0.25, 0.3) is 5.91 Å². The van der Waals surface area contributed by atoms with E-state index in [1.165, 1.54) is 19.2 Å². The summed E-state index contributed by atoms with van der Waals surface area (Å²) in [4.78, 5) is 21.5. The lowest BCUT2D eigenvalue weighted by Crippen LogP contribution is -2.32. The molecule has 5 N–H and O–H groups in total. The van der Waals surface area contributed by atoms with Crippen molar-refractivity contribution in [3.63, 3.8) is 0 Å². The lowest BCUT2D eigenvalue weighted by atomic mass is 9.75. The summed E-state index contributed by atoms with van der Waals surface area (Å²) in [5, 5.41) is 2.82. The first kappa shape index (κ1) is 24.5. The second-order valence-corrected chi connectivity index (χ2v) is 8.93. The van der Waals surface area contributed by atoms with Gasteiger partial charge in [-0.15, -0.1) is 0 Å². The van der Waals surface area contributed by atoms with Crippen LogP contribution in [0.5, 0.6) is 5.75 Å². The molecule has 4 rings (SSSR count). The molecule has 0 unspecified atom stereocenters. The van der Waals surface area contributed by atoms with Crippen LogP contribution in [0.2, 0.25) is 0 Å². The van der Waals surface area contributed by atoms with Gasteiger partial charge in [0.05, 0.1) is 30.2 Å². The molecule has 1 aliphatic carbocycles. The van der Waals surface area contributed by atoms with Crippen LogP contribution in [0.15, 0.2) is 42.7 Å². The number of carbonyl (C=O) groups excluding carboxylic acids is 1. The number of amides is 1. The summed E-state index contributed by atoms with van der Waals surface area (Å²) in [6.07, 6.45) is 7.03. The monoisotopic (exact) mass is 481 g/mol. The number of hydrogen-bond acceptors (Lipinski definition) is 6. The zero-order valence-electron chi connectivity index (χ0n) is 19.7. The third kappa shape index (κ3) is 5.09. The van der Waals surface area contributed by atoms with Gasteiger partial charge in [0.15, 0.2) is 11.5 Å². The summed E-state index contributed by atoms with van der Waals surface area (Å²) in [6.45, 7) is 2.15.